The number of pyridine rings is 1. The van der Waals surface area contributed by atoms with Crippen molar-refractivity contribution in [2.24, 2.45) is 5.92 Å². The predicted molar refractivity (Wildman–Crippen MR) is 80.4 cm³/mol. The zero-order valence-electron chi connectivity index (χ0n) is 11.6. The summed E-state index contributed by atoms with van der Waals surface area (Å²) in [7, 11) is 0. The molecule has 0 saturated carbocycles. The quantitative estimate of drug-likeness (QED) is 0.797. The Morgan fingerprint density at radius 2 is 2.11 bits per heavy atom. The lowest BCUT2D eigenvalue weighted by atomic mass is 10.2. The molecular formula is C13H23N3OS. The van der Waals surface area contributed by atoms with Gasteiger partial charge in [0.2, 0.25) is 5.88 Å². The third kappa shape index (κ3) is 5.04. The molecule has 4 nitrogen and oxygen atoms in total. The minimum absolute atomic E-state index is 0.370. The van der Waals surface area contributed by atoms with E-state index in [4.69, 9.17) is 10.5 Å². The molecule has 0 aliphatic carbocycles. The molecule has 0 amide bonds. The summed E-state index contributed by atoms with van der Waals surface area (Å²) in [4.78, 5) is 4.40. The Labute approximate surface area is 114 Å². The summed E-state index contributed by atoms with van der Waals surface area (Å²) in [5.41, 5.74) is 6.43. The van der Waals surface area contributed by atoms with Gasteiger partial charge in [-0.2, -0.15) is 16.7 Å². The molecule has 1 heterocycles. The average Bonchev–Trinajstić information content (AvgIpc) is 2.30. The van der Waals surface area contributed by atoms with E-state index >= 15 is 0 Å². The first-order chi connectivity index (χ1) is 8.52. The number of hydrogen-bond donors (Lipinski definition) is 2. The van der Waals surface area contributed by atoms with Crippen LogP contribution in [0.25, 0.3) is 0 Å². The van der Waals surface area contributed by atoms with E-state index in [-0.39, 0.29) is 0 Å². The predicted octanol–water partition coefficient (Wildman–Crippen LogP) is 2.86. The fraction of sp³-hybridized carbons (Fsp3) is 0.615. The fourth-order valence-corrected chi connectivity index (χ4v) is 2.02. The fourth-order valence-electron chi connectivity index (χ4n) is 1.44. The SMILES string of the molecule is CSCC(C)Nc1ccc(N)c(OCC(C)C)n1. The van der Waals surface area contributed by atoms with Crippen molar-refractivity contribution in [3.05, 3.63) is 12.1 Å². The summed E-state index contributed by atoms with van der Waals surface area (Å²) in [5.74, 6) is 2.82. The molecule has 0 radical (unpaired) electrons. The second-order valence-corrected chi connectivity index (χ2v) is 5.71. The standard InChI is InChI=1S/C13H23N3OS/c1-9(2)7-17-13-11(14)5-6-12(16-13)15-10(3)8-18-4/h5-6,9-10H,7-8,14H2,1-4H3,(H,15,16). The summed E-state index contributed by atoms with van der Waals surface area (Å²) >= 11 is 1.80. The minimum Gasteiger partial charge on any atom is -0.476 e. The zero-order chi connectivity index (χ0) is 13.5. The van der Waals surface area contributed by atoms with Crippen molar-refractivity contribution in [1.29, 1.82) is 0 Å². The topological polar surface area (TPSA) is 60.2 Å². The van der Waals surface area contributed by atoms with Crippen LogP contribution >= 0.6 is 11.8 Å². The molecule has 0 aliphatic rings. The van der Waals surface area contributed by atoms with Crippen molar-refractivity contribution in [2.45, 2.75) is 26.8 Å². The average molecular weight is 269 g/mol. The number of nitrogens with one attached hydrogen (secondary N) is 1. The van der Waals surface area contributed by atoms with Crippen molar-refractivity contribution >= 4 is 23.3 Å². The molecule has 1 aromatic rings. The first-order valence-corrected chi connectivity index (χ1v) is 7.57. The highest BCUT2D eigenvalue weighted by Crippen LogP contribution is 2.22. The summed E-state index contributed by atoms with van der Waals surface area (Å²) in [6, 6.07) is 4.08. The van der Waals surface area contributed by atoms with Crippen LogP contribution in [0, 0.1) is 5.92 Å². The largest absolute Gasteiger partial charge is 0.476 e. The highest BCUT2D eigenvalue weighted by molar-refractivity contribution is 7.98. The molecule has 1 aromatic heterocycles. The lowest BCUT2D eigenvalue weighted by molar-refractivity contribution is 0.263. The number of aromatic nitrogens is 1. The maximum Gasteiger partial charge on any atom is 0.239 e. The van der Waals surface area contributed by atoms with E-state index in [1.165, 1.54) is 0 Å². The Balaban J connectivity index is 2.67. The van der Waals surface area contributed by atoms with Crippen LogP contribution in [0.4, 0.5) is 11.5 Å². The van der Waals surface area contributed by atoms with Gasteiger partial charge in [0.25, 0.3) is 0 Å². The minimum atomic E-state index is 0.370. The van der Waals surface area contributed by atoms with Gasteiger partial charge in [-0.3, -0.25) is 0 Å². The maximum atomic E-state index is 5.85. The molecule has 1 atom stereocenters. The first-order valence-electron chi connectivity index (χ1n) is 6.17. The van der Waals surface area contributed by atoms with Gasteiger partial charge in [-0.25, -0.2) is 0 Å². The third-order valence-electron chi connectivity index (χ3n) is 2.25. The second kappa shape index (κ2) is 7.36. The summed E-state index contributed by atoms with van der Waals surface area (Å²) < 4.78 is 5.60. The van der Waals surface area contributed by atoms with Crippen molar-refractivity contribution < 1.29 is 4.74 Å². The Morgan fingerprint density at radius 1 is 1.39 bits per heavy atom. The van der Waals surface area contributed by atoms with E-state index in [2.05, 4.69) is 37.3 Å². The van der Waals surface area contributed by atoms with Gasteiger partial charge in [-0.15, -0.1) is 0 Å². The lowest BCUT2D eigenvalue weighted by Crippen LogP contribution is -2.19. The van der Waals surface area contributed by atoms with E-state index < -0.39 is 0 Å². The van der Waals surface area contributed by atoms with Crippen LogP contribution in [-0.4, -0.2) is 29.6 Å². The maximum absolute atomic E-state index is 5.85. The summed E-state index contributed by atoms with van der Waals surface area (Å²) in [5, 5.41) is 3.33. The number of rotatable bonds is 7. The Hall–Kier alpha value is -1.10. The van der Waals surface area contributed by atoms with Crippen molar-refractivity contribution in [1.82, 2.24) is 4.98 Å². The van der Waals surface area contributed by atoms with Crippen LogP contribution in [0.5, 0.6) is 5.88 Å². The Kier molecular flexibility index (Phi) is 6.12. The molecule has 1 rings (SSSR count). The Morgan fingerprint density at radius 3 is 2.72 bits per heavy atom. The lowest BCUT2D eigenvalue weighted by Gasteiger charge is -2.15. The van der Waals surface area contributed by atoms with Crippen LogP contribution in [0.15, 0.2) is 12.1 Å². The second-order valence-electron chi connectivity index (χ2n) is 4.80. The Bertz CT molecular complexity index is 371. The smallest absolute Gasteiger partial charge is 0.239 e. The number of nitrogens with zero attached hydrogens (tertiary/aromatic N) is 1. The number of hydrogen-bond acceptors (Lipinski definition) is 5. The van der Waals surface area contributed by atoms with Gasteiger partial charge in [0.05, 0.1) is 12.3 Å². The van der Waals surface area contributed by atoms with E-state index in [1.807, 2.05) is 12.1 Å². The zero-order valence-corrected chi connectivity index (χ0v) is 12.4. The van der Waals surface area contributed by atoms with Gasteiger partial charge in [-0.05, 0) is 31.2 Å². The molecular weight excluding hydrogens is 246 g/mol. The summed E-state index contributed by atoms with van der Waals surface area (Å²) in [6.45, 7) is 6.95. The normalized spacial score (nSPS) is 12.5. The molecule has 3 N–H and O–H groups in total. The van der Waals surface area contributed by atoms with E-state index in [0.717, 1.165) is 11.6 Å². The molecule has 102 valence electrons. The van der Waals surface area contributed by atoms with Crippen molar-refractivity contribution in [2.75, 3.05) is 29.7 Å². The van der Waals surface area contributed by atoms with E-state index in [0.29, 0.717) is 30.1 Å². The van der Waals surface area contributed by atoms with E-state index in [9.17, 15) is 0 Å². The third-order valence-corrected chi connectivity index (χ3v) is 3.09. The first kappa shape index (κ1) is 15.0. The van der Waals surface area contributed by atoms with Gasteiger partial charge in [0.1, 0.15) is 5.82 Å². The molecule has 0 aromatic carbocycles. The molecule has 0 spiro atoms. The van der Waals surface area contributed by atoms with Gasteiger partial charge >= 0.3 is 0 Å². The van der Waals surface area contributed by atoms with Crippen LogP contribution in [0.1, 0.15) is 20.8 Å². The van der Waals surface area contributed by atoms with Crippen molar-refractivity contribution in [3.63, 3.8) is 0 Å². The highest BCUT2D eigenvalue weighted by atomic mass is 32.2. The van der Waals surface area contributed by atoms with E-state index in [1.54, 1.807) is 11.8 Å². The number of ether oxygens (including phenoxy) is 1. The number of nitrogens with two attached hydrogens (primary N) is 1. The molecule has 0 aliphatic heterocycles. The van der Waals surface area contributed by atoms with Gasteiger partial charge in [-0.1, -0.05) is 13.8 Å². The molecule has 0 saturated heterocycles. The van der Waals surface area contributed by atoms with Gasteiger partial charge in [0, 0.05) is 11.8 Å². The molecule has 0 bridgehead atoms. The van der Waals surface area contributed by atoms with Gasteiger partial charge in [0.15, 0.2) is 0 Å². The van der Waals surface area contributed by atoms with Crippen LogP contribution in [-0.2, 0) is 0 Å². The van der Waals surface area contributed by atoms with Crippen LogP contribution in [0.3, 0.4) is 0 Å². The number of nitrogen functional groups attached to an aromatic ring is 1. The van der Waals surface area contributed by atoms with Crippen LogP contribution < -0.4 is 15.8 Å². The monoisotopic (exact) mass is 269 g/mol. The molecule has 1 unspecified atom stereocenters. The van der Waals surface area contributed by atoms with Gasteiger partial charge < -0.3 is 15.8 Å². The highest BCUT2D eigenvalue weighted by Gasteiger charge is 2.07. The molecule has 18 heavy (non-hydrogen) atoms. The van der Waals surface area contributed by atoms with Crippen molar-refractivity contribution in [3.8, 4) is 5.88 Å². The van der Waals surface area contributed by atoms with Crippen LogP contribution in [0.2, 0.25) is 0 Å². The molecule has 5 heteroatoms. The number of anilines is 2. The number of thioether (sulfide) groups is 1. The summed E-state index contributed by atoms with van der Waals surface area (Å²) in [6.07, 6.45) is 2.09. The molecule has 0 fully saturated rings.